The van der Waals surface area contributed by atoms with Crippen molar-refractivity contribution in [2.45, 2.75) is 44.7 Å². The Kier molecular flexibility index (Phi) is 3.02. The molecule has 3 nitrogen and oxygen atoms in total. The maximum absolute atomic E-state index is 4.35. The zero-order chi connectivity index (χ0) is 11.7. The molecule has 2 unspecified atom stereocenters. The molecule has 2 atom stereocenters. The average molecular weight is 231 g/mol. The first-order valence-corrected chi connectivity index (χ1v) is 6.77. The van der Waals surface area contributed by atoms with E-state index in [1.54, 1.807) is 0 Å². The number of hydrogen-bond donors (Lipinski definition) is 1. The van der Waals surface area contributed by atoms with Crippen LogP contribution in [0.2, 0.25) is 0 Å². The van der Waals surface area contributed by atoms with Crippen LogP contribution < -0.4 is 5.32 Å². The molecular weight excluding hydrogens is 210 g/mol. The van der Waals surface area contributed by atoms with E-state index in [4.69, 9.17) is 0 Å². The standard InChI is InChI=1S/C14H21N3/c1-11-12(5-4-8-15-11)16-13-7-10-17-9-3-2-6-14(13)17/h4-5,8,13-14,16H,2-3,6-7,9-10H2,1H3. The van der Waals surface area contributed by atoms with Crippen molar-refractivity contribution in [2.24, 2.45) is 0 Å². The maximum Gasteiger partial charge on any atom is 0.0603 e. The van der Waals surface area contributed by atoms with Gasteiger partial charge in [-0.3, -0.25) is 9.88 Å². The third-order valence-electron chi connectivity index (χ3n) is 4.20. The van der Waals surface area contributed by atoms with Gasteiger partial charge >= 0.3 is 0 Å². The van der Waals surface area contributed by atoms with Crippen molar-refractivity contribution in [1.82, 2.24) is 9.88 Å². The summed E-state index contributed by atoms with van der Waals surface area (Å²) in [5, 5.41) is 3.70. The van der Waals surface area contributed by atoms with Crippen molar-refractivity contribution in [2.75, 3.05) is 18.4 Å². The van der Waals surface area contributed by atoms with Gasteiger partial charge in [-0.1, -0.05) is 6.42 Å². The molecular formula is C14H21N3. The first kappa shape index (κ1) is 11.0. The fraction of sp³-hybridized carbons (Fsp3) is 0.643. The van der Waals surface area contributed by atoms with Crippen LogP contribution in [0.4, 0.5) is 5.69 Å². The third kappa shape index (κ3) is 2.16. The number of aryl methyl sites for hydroxylation is 1. The summed E-state index contributed by atoms with van der Waals surface area (Å²) in [5.74, 6) is 0. The zero-order valence-electron chi connectivity index (χ0n) is 10.5. The van der Waals surface area contributed by atoms with Crippen molar-refractivity contribution in [3.05, 3.63) is 24.0 Å². The molecule has 0 amide bonds. The second-order valence-electron chi connectivity index (χ2n) is 5.27. The molecule has 3 heterocycles. The summed E-state index contributed by atoms with van der Waals surface area (Å²) >= 11 is 0. The molecule has 0 bridgehead atoms. The van der Waals surface area contributed by atoms with Gasteiger partial charge in [-0.2, -0.15) is 0 Å². The van der Waals surface area contributed by atoms with Crippen molar-refractivity contribution in [3.63, 3.8) is 0 Å². The number of fused-ring (bicyclic) bond motifs is 1. The molecule has 0 radical (unpaired) electrons. The Morgan fingerprint density at radius 2 is 2.24 bits per heavy atom. The van der Waals surface area contributed by atoms with Crippen LogP contribution in [0.1, 0.15) is 31.4 Å². The number of hydrogen-bond acceptors (Lipinski definition) is 3. The SMILES string of the molecule is Cc1ncccc1NC1CCN2CCCCC12. The van der Waals surface area contributed by atoms with Crippen LogP contribution in [0.15, 0.2) is 18.3 Å². The lowest BCUT2D eigenvalue weighted by Gasteiger charge is -2.33. The number of piperidine rings is 1. The summed E-state index contributed by atoms with van der Waals surface area (Å²) in [6.07, 6.45) is 7.28. The minimum absolute atomic E-state index is 0.623. The van der Waals surface area contributed by atoms with E-state index in [9.17, 15) is 0 Å². The molecule has 1 aromatic rings. The molecule has 2 aliphatic rings. The summed E-state index contributed by atoms with van der Waals surface area (Å²) in [6, 6.07) is 5.54. The molecule has 3 rings (SSSR count). The monoisotopic (exact) mass is 231 g/mol. The van der Waals surface area contributed by atoms with Crippen LogP contribution in [0.25, 0.3) is 0 Å². The van der Waals surface area contributed by atoms with Crippen LogP contribution >= 0.6 is 0 Å². The van der Waals surface area contributed by atoms with Gasteiger partial charge in [0.25, 0.3) is 0 Å². The van der Waals surface area contributed by atoms with Crippen LogP contribution in [0.3, 0.4) is 0 Å². The van der Waals surface area contributed by atoms with Gasteiger partial charge in [0, 0.05) is 24.8 Å². The number of rotatable bonds is 2. The number of aromatic nitrogens is 1. The smallest absolute Gasteiger partial charge is 0.0603 e. The van der Waals surface area contributed by atoms with Gasteiger partial charge in [-0.05, 0) is 44.9 Å². The molecule has 1 N–H and O–H groups in total. The van der Waals surface area contributed by atoms with Crippen molar-refractivity contribution < 1.29 is 0 Å². The van der Waals surface area contributed by atoms with Gasteiger partial charge in [0.15, 0.2) is 0 Å². The van der Waals surface area contributed by atoms with E-state index in [2.05, 4.69) is 28.2 Å². The minimum atomic E-state index is 0.623. The second-order valence-corrected chi connectivity index (χ2v) is 5.27. The molecule has 0 aromatic carbocycles. The fourth-order valence-corrected chi connectivity index (χ4v) is 3.25. The highest BCUT2D eigenvalue weighted by molar-refractivity contribution is 5.48. The Morgan fingerprint density at radius 3 is 3.12 bits per heavy atom. The quantitative estimate of drug-likeness (QED) is 0.847. The summed E-state index contributed by atoms with van der Waals surface area (Å²) in [5.41, 5.74) is 2.33. The van der Waals surface area contributed by atoms with E-state index in [1.165, 1.54) is 44.5 Å². The summed E-state index contributed by atoms with van der Waals surface area (Å²) in [4.78, 5) is 7.01. The highest BCUT2D eigenvalue weighted by Gasteiger charge is 2.35. The average Bonchev–Trinajstić information content (AvgIpc) is 2.76. The lowest BCUT2D eigenvalue weighted by atomic mass is 9.99. The maximum atomic E-state index is 4.35. The van der Waals surface area contributed by atoms with E-state index in [0.717, 1.165) is 11.7 Å². The zero-order valence-corrected chi connectivity index (χ0v) is 10.5. The third-order valence-corrected chi connectivity index (χ3v) is 4.20. The summed E-state index contributed by atoms with van der Waals surface area (Å²) in [7, 11) is 0. The molecule has 2 aliphatic heterocycles. The Labute approximate surface area is 103 Å². The molecule has 0 saturated carbocycles. The number of anilines is 1. The molecule has 3 heteroatoms. The van der Waals surface area contributed by atoms with E-state index < -0.39 is 0 Å². The molecule has 2 saturated heterocycles. The predicted molar refractivity (Wildman–Crippen MR) is 70.2 cm³/mol. The number of pyridine rings is 1. The van der Waals surface area contributed by atoms with Crippen LogP contribution in [-0.4, -0.2) is 35.1 Å². The van der Waals surface area contributed by atoms with Crippen molar-refractivity contribution >= 4 is 5.69 Å². The molecule has 17 heavy (non-hydrogen) atoms. The first-order valence-electron chi connectivity index (χ1n) is 6.77. The Hall–Kier alpha value is -1.09. The Balaban J connectivity index is 1.71. The fourth-order valence-electron chi connectivity index (χ4n) is 3.25. The van der Waals surface area contributed by atoms with E-state index in [0.29, 0.717) is 6.04 Å². The number of nitrogens with zero attached hydrogens (tertiary/aromatic N) is 2. The molecule has 92 valence electrons. The predicted octanol–water partition coefficient (Wildman–Crippen LogP) is 2.43. The van der Waals surface area contributed by atoms with E-state index in [-0.39, 0.29) is 0 Å². The van der Waals surface area contributed by atoms with Gasteiger partial charge in [0.1, 0.15) is 0 Å². The van der Waals surface area contributed by atoms with Gasteiger partial charge < -0.3 is 5.32 Å². The normalized spacial score (nSPS) is 29.0. The van der Waals surface area contributed by atoms with E-state index in [1.807, 2.05) is 12.3 Å². The van der Waals surface area contributed by atoms with Crippen LogP contribution in [0.5, 0.6) is 0 Å². The lowest BCUT2D eigenvalue weighted by molar-refractivity contribution is 0.192. The summed E-state index contributed by atoms with van der Waals surface area (Å²) in [6.45, 7) is 4.65. The highest BCUT2D eigenvalue weighted by atomic mass is 15.2. The van der Waals surface area contributed by atoms with E-state index >= 15 is 0 Å². The first-order chi connectivity index (χ1) is 8.34. The molecule has 2 fully saturated rings. The molecule has 1 aromatic heterocycles. The van der Waals surface area contributed by atoms with Crippen molar-refractivity contribution in [1.29, 1.82) is 0 Å². The molecule has 0 aliphatic carbocycles. The molecule has 0 spiro atoms. The summed E-state index contributed by atoms with van der Waals surface area (Å²) < 4.78 is 0. The topological polar surface area (TPSA) is 28.2 Å². The van der Waals surface area contributed by atoms with Gasteiger partial charge in [0.05, 0.1) is 11.4 Å². The lowest BCUT2D eigenvalue weighted by Crippen LogP contribution is -2.41. The van der Waals surface area contributed by atoms with Crippen LogP contribution in [0, 0.1) is 6.92 Å². The second kappa shape index (κ2) is 4.65. The van der Waals surface area contributed by atoms with Gasteiger partial charge in [-0.25, -0.2) is 0 Å². The Bertz CT molecular complexity index is 391. The van der Waals surface area contributed by atoms with Crippen molar-refractivity contribution in [3.8, 4) is 0 Å². The van der Waals surface area contributed by atoms with Gasteiger partial charge in [0.2, 0.25) is 0 Å². The Morgan fingerprint density at radius 1 is 1.29 bits per heavy atom. The number of nitrogens with one attached hydrogen (secondary N) is 1. The van der Waals surface area contributed by atoms with Crippen LogP contribution in [-0.2, 0) is 0 Å². The largest absolute Gasteiger partial charge is 0.379 e. The van der Waals surface area contributed by atoms with Gasteiger partial charge in [-0.15, -0.1) is 0 Å². The highest BCUT2D eigenvalue weighted by Crippen LogP contribution is 2.29. The minimum Gasteiger partial charge on any atom is -0.379 e.